The van der Waals surface area contributed by atoms with Crippen molar-refractivity contribution in [2.75, 3.05) is 6.61 Å². The summed E-state index contributed by atoms with van der Waals surface area (Å²) in [5, 5.41) is 18.8. The molecule has 2 atom stereocenters. The Kier molecular flexibility index (Phi) is 3.12. The predicted molar refractivity (Wildman–Crippen MR) is 67.9 cm³/mol. The largest absolute Gasteiger partial charge is 0.394 e. The number of hydrogen-bond donors (Lipinski definition) is 1. The van der Waals surface area contributed by atoms with Crippen LogP contribution < -0.4 is 0 Å². The van der Waals surface area contributed by atoms with Crippen molar-refractivity contribution in [1.29, 1.82) is 5.26 Å². The molecule has 1 aliphatic carbocycles. The number of nitrogens with zero attached hydrogens (tertiary/aromatic N) is 1. The molecule has 1 aliphatic rings. The van der Waals surface area contributed by atoms with Gasteiger partial charge in [-0.3, -0.25) is 0 Å². The molecular formula is C15H15NO. The van der Waals surface area contributed by atoms with Gasteiger partial charge in [-0.15, -0.1) is 0 Å². The van der Waals surface area contributed by atoms with Gasteiger partial charge in [-0.05, 0) is 11.1 Å². The molecule has 0 aromatic heterocycles. The minimum absolute atomic E-state index is 0.00935. The number of aliphatic hydroxyl groups excluding tert-OH is 1. The topological polar surface area (TPSA) is 44.0 Å². The Morgan fingerprint density at radius 3 is 2.65 bits per heavy atom. The third kappa shape index (κ3) is 1.90. The van der Waals surface area contributed by atoms with Gasteiger partial charge in [-0.1, -0.05) is 55.5 Å². The number of nitriles is 1. The van der Waals surface area contributed by atoms with Crippen molar-refractivity contribution in [2.45, 2.75) is 6.92 Å². The third-order valence-corrected chi connectivity index (χ3v) is 3.49. The van der Waals surface area contributed by atoms with Crippen LogP contribution in [0.15, 0.2) is 48.6 Å². The molecule has 2 nitrogen and oxygen atoms in total. The van der Waals surface area contributed by atoms with Gasteiger partial charge in [0.2, 0.25) is 0 Å². The second kappa shape index (κ2) is 4.57. The van der Waals surface area contributed by atoms with Crippen molar-refractivity contribution in [3.63, 3.8) is 0 Å². The normalized spacial score (nSPS) is 27.4. The highest BCUT2D eigenvalue weighted by atomic mass is 16.3. The quantitative estimate of drug-likeness (QED) is 0.841. The molecular weight excluding hydrogens is 210 g/mol. The fourth-order valence-electron chi connectivity index (χ4n) is 2.23. The van der Waals surface area contributed by atoms with Crippen LogP contribution in [0.2, 0.25) is 0 Å². The second-order valence-electron chi connectivity index (χ2n) is 4.38. The van der Waals surface area contributed by atoms with Crippen molar-refractivity contribution >= 4 is 5.57 Å². The first-order valence-electron chi connectivity index (χ1n) is 5.70. The minimum Gasteiger partial charge on any atom is -0.394 e. The van der Waals surface area contributed by atoms with Gasteiger partial charge >= 0.3 is 0 Å². The van der Waals surface area contributed by atoms with E-state index in [0.29, 0.717) is 0 Å². The molecule has 2 unspecified atom stereocenters. The second-order valence-corrected chi connectivity index (χ2v) is 4.38. The van der Waals surface area contributed by atoms with E-state index in [9.17, 15) is 10.4 Å². The maximum atomic E-state index is 9.48. The van der Waals surface area contributed by atoms with Gasteiger partial charge in [-0.2, -0.15) is 5.26 Å². The summed E-state index contributed by atoms with van der Waals surface area (Å²) in [5.41, 5.74) is 1.42. The first kappa shape index (κ1) is 11.6. The lowest BCUT2D eigenvalue weighted by Gasteiger charge is -2.32. The maximum Gasteiger partial charge on any atom is 0.105 e. The van der Waals surface area contributed by atoms with Crippen LogP contribution >= 0.6 is 0 Å². The summed E-state index contributed by atoms with van der Waals surface area (Å²) in [6.45, 7) is 1.84. The van der Waals surface area contributed by atoms with Gasteiger partial charge < -0.3 is 5.11 Å². The van der Waals surface area contributed by atoms with E-state index in [-0.39, 0.29) is 12.5 Å². The first-order chi connectivity index (χ1) is 8.23. The number of hydrogen-bond acceptors (Lipinski definition) is 2. The molecule has 1 aromatic carbocycles. The van der Waals surface area contributed by atoms with E-state index < -0.39 is 5.41 Å². The maximum absolute atomic E-state index is 9.48. The monoisotopic (exact) mass is 225 g/mol. The summed E-state index contributed by atoms with van der Waals surface area (Å²) >= 11 is 0. The zero-order chi connectivity index (χ0) is 12.3. The Hall–Kier alpha value is -1.85. The van der Waals surface area contributed by atoms with Crippen LogP contribution in [0.3, 0.4) is 0 Å². The molecule has 0 radical (unpaired) electrons. The number of allylic oxidation sites excluding steroid dienone is 3. The summed E-state index contributed by atoms with van der Waals surface area (Å²) in [7, 11) is 0. The predicted octanol–water partition coefficient (Wildman–Crippen LogP) is 2.78. The molecule has 2 rings (SSSR count). The molecule has 1 aromatic rings. The summed E-state index contributed by atoms with van der Waals surface area (Å²) in [6.07, 6.45) is 5.68. The van der Waals surface area contributed by atoms with Crippen molar-refractivity contribution in [1.82, 2.24) is 0 Å². The molecule has 0 aliphatic heterocycles. The highest BCUT2D eigenvalue weighted by Crippen LogP contribution is 2.41. The molecule has 0 saturated heterocycles. The fourth-order valence-corrected chi connectivity index (χ4v) is 2.23. The van der Waals surface area contributed by atoms with E-state index in [1.165, 1.54) is 0 Å². The van der Waals surface area contributed by atoms with Crippen LogP contribution in [0, 0.1) is 22.7 Å². The van der Waals surface area contributed by atoms with E-state index >= 15 is 0 Å². The average Bonchev–Trinajstić information content (AvgIpc) is 2.40. The van der Waals surface area contributed by atoms with E-state index in [2.05, 4.69) is 6.07 Å². The molecule has 1 N–H and O–H groups in total. The molecule has 0 amide bonds. The van der Waals surface area contributed by atoms with Crippen LogP contribution in [0.5, 0.6) is 0 Å². The van der Waals surface area contributed by atoms with Gasteiger partial charge in [0.15, 0.2) is 0 Å². The number of benzene rings is 1. The lowest BCUT2D eigenvalue weighted by Crippen LogP contribution is -2.31. The van der Waals surface area contributed by atoms with Crippen molar-refractivity contribution in [3.8, 4) is 6.07 Å². The average molecular weight is 225 g/mol. The molecule has 0 fully saturated rings. The summed E-state index contributed by atoms with van der Waals surface area (Å²) in [6, 6.07) is 12.2. The van der Waals surface area contributed by atoms with Gasteiger partial charge in [0.25, 0.3) is 0 Å². The van der Waals surface area contributed by atoms with Crippen molar-refractivity contribution < 1.29 is 5.11 Å². The van der Waals surface area contributed by atoms with Gasteiger partial charge in [0.05, 0.1) is 12.7 Å². The Labute approximate surface area is 102 Å². The Balaban J connectivity index is 2.43. The Morgan fingerprint density at radius 2 is 2.06 bits per heavy atom. The summed E-state index contributed by atoms with van der Waals surface area (Å²) in [4.78, 5) is 0. The van der Waals surface area contributed by atoms with Crippen LogP contribution in [0.25, 0.3) is 5.57 Å². The van der Waals surface area contributed by atoms with Gasteiger partial charge in [0.1, 0.15) is 5.41 Å². The molecule has 0 saturated carbocycles. The molecule has 0 heterocycles. The lowest BCUT2D eigenvalue weighted by molar-refractivity contribution is 0.184. The molecule has 17 heavy (non-hydrogen) atoms. The van der Waals surface area contributed by atoms with E-state index in [4.69, 9.17) is 0 Å². The smallest absolute Gasteiger partial charge is 0.105 e. The molecule has 0 spiro atoms. The van der Waals surface area contributed by atoms with Gasteiger partial charge in [0, 0.05) is 5.92 Å². The summed E-state index contributed by atoms with van der Waals surface area (Å²) in [5.74, 6) is -0.00935. The molecule has 86 valence electrons. The highest BCUT2D eigenvalue weighted by Gasteiger charge is 2.37. The highest BCUT2D eigenvalue weighted by molar-refractivity contribution is 5.71. The fraction of sp³-hybridized carbons (Fsp3) is 0.267. The van der Waals surface area contributed by atoms with E-state index in [0.717, 1.165) is 11.1 Å². The van der Waals surface area contributed by atoms with Gasteiger partial charge in [-0.25, -0.2) is 0 Å². The van der Waals surface area contributed by atoms with Crippen LogP contribution in [-0.2, 0) is 0 Å². The van der Waals surface area contributed by atoms with Crippen LogP contribution in [0.4, 0.5) is 0 Å². The van der Waals surface area contributed by atoms with E-state index in [1.54, 1.807) is 6.08 Å². The number of aliphatic hydroxyl groups is 1. The van der Waals surface area contributed by atoms with Crippen LogP contribution in [-0.4, -0.2) is 11.7 Å². The minimum atomic E-state index is -0.792. The Morgan fingerprint density at radius 1 is 1.35 bits per heavy atom. The third-order valence-electron chi connectivity index (χ3n) is 3.49. The van der Waals surface area contributed by atoms with Crippen LogP contribution in [0.1, 0.15) is 12.5 Å². The van der Waals surface area contributed by atoms with Crippen molar-refractivity contribution in [2.24, 2.45) is 11.3 Å². The first-order valence-corrected chi connectivity index (χ1v) is 5.70. The number of rotatable bonds is 2. The molecule has 0 bridgehead atoms. The Bertz CT molecular complexity index is 495. The molecule has 2 heteroatoms. The lowest BCUT2D eigenvalue weighted by atomic mass is 9.70. The zero-order valence-electron chi connectivity index (χ0n) is 9.80. The standard InChI is InChI=1S/C15H15NO/c1-12-14(13-6-3-2-4-7-13)8-5-9-15(12,10-16)11-17/h2-9,12,17H,11H2,1H3. The zero-order valence-corrected chi connectivity index (χ0v) is 9.80. The van der Waals surface area contributed by atoms with Crippen molar-refractivity contribution in [3.05, 3.63) is 54.1 Å². The SMILES string of the molecule is CC1C(c2ccccc2)=CC=CC1(C#N)CO. The summed E-state index contributed by atoms with van der Waals surface area (Å²) < 4.78 is 0. The van der Waals surface area contributed by atoms with E-state index in [1.807, 2.05) is 49.4 Å².